The molecule has 0 heterocycles. The summed E-state index contributed by atoms with van der Waals surface area (Å²) in [7, 11) is 0. The smallest absolute Gasteiger partial charge is 0.306 e. The van der Waals surface area contributed by atoms with Gasteiger partial charge in [0.25, 0.3) is 0 Å². The molecule has 0 saturated heterocycles. The second-order valence-electron chi connectivity index (χ2n) is 24.8. The van der Waals surface area contributed by atoms with Crippen LogP contribution in [0.2, 0.25) is 0 Å². The quantitative estimate of drug-likeness (QED) is 0.0261. The van der Waals surface area contributed by atoms with Crippen molar-refractivity contribution in [3.63, 3.8) is 0 Å². The van der Waals surface area contributed by atoms with Gasteiger partial charge < -0.3 is 14.2 Å². The lowest BCUT2D eigenvalue weighted by Gasteiger charge is -2.18. The standard InChI is InChI=1S/C77H140O6/c1-4-7-10-13-16-19-22-25-28-31-34-36-37-38-39-41-43-46-49-52-55-58-61-64-67-70-76(79)82-73-74(72-81-75(78)69-66-63-60-57-54-51-48-45-42-33-30-27-24-21-18-15-12-9-6-3)83-77(80)71-68-65-62-59-56-53-50-47-44-40-35-32-29-26-23-20-17-14-11-8-5-2/h18,21,23,26-27,30-32,34-35,74H,4-17,19-20,22,24-25,28-29,33,36-73H2,1-3H3/b21-18-,26-23-,30-27-,34-31-,35-32-. The summed E-state index contributed by atoms with van der Waals surface area (Å²) in [5.41, 5.74) is 0. The maximum atomic E-state index is 13.0. The molecule has 0 bridgehead atoms. The second kappa shape index (κ2) is 71.6. The Hall–Kier alpha value is -2.89. The van der Waals surface area contributed by atoms with E-state index < -0.39 is 6.10 Å². The minimum atomic E-state index is -0.780. The van der Waals surface area contributed by atoms with Gasteiger partial charge in [0, 0.05) is 19.3 Å². The minimum absolute atomic E-state index is 0.0743. The fraction of sp³-hybridized carbons (Fsp3) is 0.831. The van der Waals surface area contributed by atoms with Gasteiger partial charge in [-0.05, 0) is 109 Å². The van der Waals surface area contributed by atoms with E-state index in [1.165, 1.54) is 283 Å². The molecule has 1 unspecified atom stereocenters. The molecule has 6 nitrogen and oxygen atoms in total. The van der Waals surface area contributed by atoms with E-state index in [0.29, 0.717) is 19.3 Å². The minimum Gasteiger partial charge on any atom is -0.462 e. The van der Waals surface area contributed by atoms with E-state index in [2.05, 4.69) is 81.5 Å². The number of allylic oxidation sites excluding steroid dienone is 10. The maximum absolute atomic E-state index is 13.0. The summed E-state index contributed by atoms with van der Waals surface area (Å²) < 4.78 is 17.0. The number of carbonyl (C=O) groups is 3. The van der Waals surface area contributed by atoms with Crippen LogP contribution in [0.1, 0.15) is 393 Å². The highest BCUT2D eigenvalue weighted by molar-refractivity contribution is 5.71. The zero-order chi connectivity index (χ0) is 59.9. The van der Waals surface area contributed by atoms with Crippen LogP contribution < -0.4 is 0 Å². The SMILES string of the molecule is CCCCC/C=C\C/C=C\CCCCCCCCCCCC(=O)OCC(COC(=O)CCCCCCCCCCCCCCC/C=C\CCCCCCCCCC)OC(=O)CCCCCCCCCCC/C=C\C/C=C\CCCCCCC. The van der Waals surface area contributed by atoms with Gasteiger partial charge in [0.15, 0.2) is 6.10 Å². The molecule has 0 aliphatic heterocycles. The van der Waals surface area contributed by atoms with Crippen LogP contribution >= 0.6 is 0 Å². The molecule has 0 amide bonds. The van der Waals surface area contributed by atoms with Crippen molar-refractivity contribution in [2.45, 2.75) is 399 Å². The van der Waals surface area contributed by atoms with Crippen LogP contribution in [0.5, 0.6) is 0 Å². The fourth-order valence-corrected chi connectivity index (χ4v) is 10.9. The van der Waals surface area contributed by atoms with Gasteiger partial charge in [-0.1, -0.05) is 326 Å². The van der Waals surface area contributed by atoms with Gasteiger partial charge in [-0.15, -0.1) is 0 Å². The molecule has 1 atom stereocenters. The van der Waals surface area contributed by atoms with Gasteiger partial charge in [-0.3, -0.25) is 14.4 Å². The lowest BCUT2D eigenvalue weighted by Crippen LogP contribution is -2.30. The number of esters is 3. The Morgan fingerprint density at radius 2 is 0.434 bits per heavy atom. The van der Waals surface area contributed by atoms with E-state index in [-0.39, 0.29) is 31.1 Å². The van der Waals surface area contributed by atoms with Gasteiger partial charge in [0.1, 0.15) is 13.2 Å². The summed E-state index contributed by atoms with van der Waals surface area (Å²) in [4.78, 5) is 38.5. The maximum Gasteiger partial charge on any atom is 0.306 e. The molecule has 83 heavy (non-hydrogen) atoms. The third-order valence-electron chi connectivity index (χ3n) is 16.5. The molecule has 0 spiro atoms. The van der Waals surface area contributed by atoms with Gasteiger partial charge in [0.05, 0.1) is 0 Å². The van der Waals surface area contributed by atoms with Crippen molar-refractivity contribution in [2.24, 2.45) is 0 Å². The monoisotopic (exact) mass is 1160 g/mol. The van der Waals surface area contributed by atoms with Crippen LogP contribution in [0, 0.1) is 0 Å². The first kappa shape index (κ1) is 80.1. The van der Waals surface area contributed by atoms with E-state index in [1.54, 1.807) is 0 Å². The zero-order valence-electron chi connectivity index (χ0n) is 55.7. The number of ether oxygens (including phenoxy) is 3. The molecule has 6 heteroatoms. The summed E-state index contributed by atoms with van der Waals surface area (Å²) in [6.45, 7) is 6.67. The van der Waals surface area contributed by atoms with Crippen molar-refractivity contribution in [2.75, 3.05) is 13.2 Å². The Balaban J connectivity index is 4.33. The number of rotatable bonds is 68. The molecule has 0 aliphatic rings. The predicted molar refractivity (Wildman–Crippen MR) is 362 cm³/mol. The molecular weight excluding hydrogens is 1020 g/mol. The first-order chi connectivity index (χ1) is 41.0. The largest absolute Gasteiger partial charge is 0.462 e. The molecule has 0 saturated carbocycles. The van der Waals surface area contributed by atoms with Crippen molar-refractivity contribution in [1.82, 2.24) is 0 Å². The molecule has 0 radical (unpaired) electrons. The van der Waals surface area contributed by atoms with Gasteiger partial charge in [-0.25, -0.2) is 0 Å². The third kappa shape index (κ3) is 69.8. The Labute approximate surface area is 517 Å². The summed E-state index contributed by atoms with van der Waals surface area (Å²) in [6.07, 6.45) is 92.5. The summed E-state index contributed by atoms with van der Waals surface area (Å²) >= 11 is 0. The van der Waals surface area contributed by atoms with Crippen LogP contribution in [-0.2, 0) is 28.6 Å². The highest BCUT2D eigenvalue weighted by Gasteiger charge is 2.19. The molecular formula is C77H140O6. The Morgan fingerprint density at radius 3 is 0.699 bits per heavy atom. The first-order valence-electron chi connectivity index (χ1n) is 36.8. The van der Waals surface area contributed by atoms with Crippen LogP contribution in [0.15, 0.2) is 60.8 Å². The van der Waals surface area contributed by atoms with Crippen molar-refractivity contribution >= 4 is 17.9 Å². The molecule has 0 rings (SSSR count). The molecule has 0 aromatic rings. The average Bonchev–Trinajstić information content (AvgIpc) is 3.49. The summed E-state index contributed by atoms with van der Waals surface area (Å²) in [5.74, 6) is -0.857. The third-order valence-corrected chi connectivity index (χ3v) is 16.5. The van der Waals surface area contributed by atoms with E-state index in [4.69, 9.17) is 14.2 Å². The molecule has 0 fully saturated rings. The molecule has 0 aromatic carbocycles. The molecule has 0 aromatic heterocycles. The molecule has 0 N–H and O–H groups in total. The average molecular weight is 1160 g/mol. The zero-order valence-corrected chi connectivity index (χ0v) is 55.7. The number of unbranched alkanes of at least 4 members (excludes halogenated alkanes) is 47. The van der Waals surface area contributed by atoms with Crippen molar-refractivity contribution in [3.8, 4) is 0 Å². The lowest BCUT2D eigenvalue weighted by atomic mass is 10.0. The Kier molecular flexibility index (Phi) is 69.1. The number of hydrogen-bond acceptors (Lipinski definition) is 6. The van der Waals surface area contributed by atoms with Crippen LogP contribution in [0.4, 0.5) is 0 Å². The Bertz CT molecular complexity index is 1470. The van der Waals surface area contributed by atoms with Crippen molar-refractivity contribution in [1.29, 1.82) is 0 Å². The van der Waals surface area contributed by atoms with E-state index in [0.717, 1.165) is 70.6 Å². The van der Waals surface area contributed by atoms with Crippen molar-refractivity contribution < 1.29 is 28.6 Å². The second-order valence-corrected chi connectivity index (χ2v) is 24.8. The highest BCUT2D eigenvalue weighted by Crippen LogP contribution is 2.18. The van der Waals surface area contributed by atoms with E-state index in [9.17, 15) is 14.4 Å². The Morgan fingerprint density at radius 1 is 0.241 bits per heavy atom. The van der Waals surface area contributed by atoms with E-state index >= 15 is 0 Å². The van der Waals surface area contributed by atoms with Crippen molar-refractivity contribution in [3.05, 3.63) is 60.8 Å². The fourth-order valence-electron chi connectivity index (χ4n) is 10.9. The highest BCUT2D eigenvalue weighted by atomic mass is 16.6. The number of carbonyl (C=O) groups excluding carboxylic acids is 3. The van der Waals surface area contributed by atoms with Crippen LogP contribution in [-0.4, -0.2) is 37.2 Å². The molecule has 484 valence electrons. The number of hydrogen-bond donors (Lipinski definition) is 0. The summed E-state index contributed by atoms with van der Waals surface area (Å²) in [5, 5.41) is 0. The molecule has 0 aliphatic carbocycles. The van der Waals surface area contributed by atoms with Crippen LogP contribution in [0.25, 0.3) is 0 Å². The normalized spacial score (nSPS) is 12.4. The van der Waals surface area contributed by atoms with Crippen LogP contribution in [0.3, 0.4) is 0 Å². The van der Waals surface area contributed by atoms with Gasteiger partial charge in [-0.2, -0.15) is 0 Å². The van der Waals surface area contributed by atoms with E-state index in [1.807, 2.05) is 0 Å². The topological polar surface area (TPSA) is 78.9 Å². The predicted octanol–water partition coefficient (Wildman–Crippen LogP) is 25.5. The van der Waals surface area contributed by atoms with Gasteiger partial charge >= 0.3 is 17.9 Å². The first-order valence-corrected chi connectivity index (χ1v) is 36.8. The summed E-state index contributed by atoms with van der Waals surface area (Å²) in [6, 6.07) is 0. The lowest BCUT2D eigenvalue weighted by molar-refractivity contribution is -0.167. The van der Waals surface area contributed by atoms with Gasteiger partial charge in [0.2, 0.25) is 0 Å².